The van der Waals surface area contributed by atoms with Crippen molar-refractivity contribution in [2.75, 3.05) is 13.6 Å². The smallest absolute Gasteiger partial charge is 0.260 e. The number of carbonyl (C=O) groups excluding carboxylic acids is 2. The van der Waals surface area contributed by atoms with Gasteiger partial charge in [-0.25, -0.2) is 0 Å². The number of carbonyl (C=O) groups is 2. The van der Waals surface area contributed by atoms with E-state index >= 15 is 0 Å². The van der Waals surface area contributed by atoms with Crippen molar-refractivity contribution in [2.24, 2.45) is 0 Å². The highest BCUT2D eigenvalue weighted by molar-refractivity contribution is 5.81. The molecule has 1 atom stereocenters. The van der Waals surface area contributed by atoms with Crippen LogP contribution >= 0.6 is 0 Å². The van der Waals surface area contributed by atoms with E-state index in [1.54, 1.807) is 7.05 Å². The van der Waals surface area contributed by atoms with Crippen molar-refractivity contribution in [3.05, 3.63) is 29.8 Å². The molecule has 1 saturated heterocycles. The largest absolute Gasteiger partial charge is 0.480 e. The number of nitrogens with one attached hydrogen (secondary N) is 2. The Labute approximate surface area is 125 Å². The molecule has 21 heavy (non-hydrogen) atoms. The number of piperidine rings is 1. The quantitative estimate of drug-likeness (QED) is 0.822. The molecular weight excluding hydrogens is 268 g/mol. The molecule has 1 aromatic carbocycles. The molecule has 3 rings (SSSR count). The summed E-state index contributed by atoms with van der Waals surface area (Å²) in [5.74, 6) is 1.01. The first-order valence-electron chi connectivity index (χ1n) is 7.43. The fourth-order valence-electron chi connectivity index (χ4n) is 2.40. The SMILES string of the molecule is CNC(=O)C1CCc2ccccc2O1.O=C1CCCCN1. The minimum atomic E-state index is -0.324. The lowest BCUT2D eigenvalue weighted by atomic mass is 10.0. The minimum Gasteiger partial charge on any atom is -0.480 e. The molecule has 1 unspecified atom stereocenters. The van der Waals surface area contributed by atoms with Crippen LogP contribution in [0.2, 0.25) is 0 Å². The summed E-state index contributed by atoms with van der Waals surface area (Å²) >= 11 is 0. The van der Waals surface area contributed by atoms with E-state index in [4.69, 9.17) is 4.74 Å². The first kappa shape index (κ1) is 15.4. The molecule has 0 radical (unpaired) electrons. The predicted molar refractivity (Wildman–Crippen MR) is 80.1 cm³/mol. The Kier molecular flexibility index (Phi) is 5.60. The molecule has 2 N–H and O–H groups in total. The maximum Gasteiger partial charge on any atom is 0.260 e. The Hall–Kier alpha value is -2.04. The summed E-state index contributed by atoms with van der Waals surface area (Å²) in [6, 6.07) is 7.85. The fraction of sp³-hybridized carbons (Fsp3) is 0.500. The minimum absolute atomic E-state index is 0.0421. The highest BCUT2D eigenvalue weighted by atomic mass is 16.5. The zero-order chi connectivity index (χ0) is 15.1. The highest BCUT2D eigenvalue weighted by Gasteiger charge is 2.24. The fourth-order valence-corrected chi connectivity index (χ4v) is 2.40. The first-order valence-corrected chi connectivity index (χ1v) is 7.43. The normalized spacial score (nSPS) is 20.0. The summed E-state index contributed by atoms with van der Waals surface area (Å²) < 4.78 is 5.57. The van der Waals surface area contributed by atoms with Gasteiger partial charge < -0.3 is 15.4 Å². The van der Waals surface area contributed by atoms with Crippen LogP contribution in [-0.4, -0.2) is 31.5 Å². The van der Waals surface area contributed by atoms with E-state index in [2.05, 4.69) is 10.6 Å². The molecule has 0 aliphatic carbocycles. The van der Waals surface area contributed by atoms with Crippen molar-refractivity contribution in [3.8, 4) is 5.75 Å². The van der Waals surface area contributed by atoms with Gasteiger partial charge >= 0.3 is 0 Å². The van der Waals surface area contributed by atoms with Crippen molar-refractivity contribution < 1.29 is 14.3 Å². The lowest BCUT2D eigenvalue weighted by Crippen LogP contribution is -2.38. The standard InChI is InChI=1S/C11H13NO2.C5H9NO/c1-12-11(13)10-7-6-8-4-2-3-5-9(8)14-10;7-5-3-1-2-4-6-5/h2-5,10H,6-7H2,1H3,(H,12,13);1-4H2,(H,6,7). The maximum absolute atomic E-state index is 11.3. The second-order valence-corrected chi connectivity index (χ2v) is 5.17. The molecule has 0 bridgehead atoms. The molecule has 5 heteroatoms. The molecular formula is C16H22N2O3. The van der Waals surface area contributed by atoms with E-state index in [0.29, 0.717) is 0 Å². The average Bonchev–Trinajstić information content (AvgIpc) is 2.55. The van der Waals surface area contributed by atoms with Gasteiger partial charge in [-0.1, -0.05) is 18.2 Å². The number of para-hydroxylation sites is 1. The third kappa shape index (κ3) is 4.48. The van der Waals surface area contributed by atoms with Crippen LogP contribution < -0.4 is 15.4 Å². The zero-order valence-corrected chi connectivity index (χ0v) is 12.4. The van der Waals surface area contributed by atoms with Crippen LogP contribution in [0.3, 0.4) is 0 Å². The summed E-state index contributed by atoms with van der Waals surface area (Å²) in [6.07, 6.45) is 4.32. The Morgan fingerprint density at radius 2 is 2.10 bits per heavy atom. The Bertz CT molecular complexity index is 494. The third-order valence-electron chi connectivity index (χ3n) is 3.61. The van der Waals surface area contributed by atoms with Crippen LogP contribution in [0.4, 0.5) is 0 Å². The van der Waals surface area contributed by atoms with Crippen LogP contribution in [0.5, 0.6) is 5.75 Å². The van der Waals surface area contributed by atoms with Gasteiger partial charge in [0.2, 0.25) is 5.91 Å². The first-order chi connectivity index (χ1) is 10.2. The topological polar surface area (TPSA) is 67.4 Å². The van der Waals surface area contributed by atoms with Crippen LogP contribution in [0.15, 0.2) is 24.3 Å². The summed E-state index contributed by atoms with van der Waals surface area (Å²) in [4.78, 5) is 21.7. The number of likely N-dealkylation sites (N-methyl/N-ethyl adjacent to an activating group) is 1. The molecule has 0 saturated carbocycles. The van der Waals surface area contributed by atoms with Gasteiger partial charge in [0.1, 0.15) is 5.75 Å². The molecule has 2 heterocycles. The van der Waals surface area contributed by atoms with Gasteiger partial charge in [-0.3, -0.25) is 9.59 Å². The van der Waals surface area contributed by atoms with Gasteiger partial charge in [-0.2, -0.15) is 0 Å². The zero-order valence-electron chi connectivity index (χ0n) is 12.4. The van der Waals surface area contributed by atoms with Crippen molar-refractivity contribution in [1.82, 2.24) is 10.6 Å². The molecule has 0 aromatic heterocycles. The molecule has 2 amide bonds. The van der Waals surface area contributed by atoms with Gasteiger partial charge in [0.15, 0.2) is 6.10 Å². The van der Waals surface area contributed by atoms with E-state index in [1.807, 2.05) is 24.3 Å². The van der Waals surface area contributed by atoms with E-state index in [9.17, 15) is 9.59 Å². The van der Waals surface area contributed by atoms with Gasteiger partial charge in [-0.15, -0.1) is 0 Å². The summed E-state index contributed by atoms with van der Waals surface area (Å²) in [6.45, 7) is 0.888. The maximum atomic E-state index is 11.3. The molecule has 1 fully saturated rings. The number of ether oxygens (including phenoxy) is 1. The van der Waals surface area contributed by atoms with Crippen LogP contribution in [0.25, 0.3) is 0 Å². The molecule has 2 aliphatic heterocycles. The molecule has 114 valence electrons. The third-order valence-corrected chi connectivity index (χ3v) is 3.61. The molecule has 2 aliphatic rings. The second kappa shape index (κ2) is 7.67. The summed E-state index contributed by atoms with van der Waals surface area (Å²) in [5, 5.41) is 5.34. The van der Waals surface area contributed by atoms with Gasteiger partial charge in [0.05, 0.1) is 0 Å². The number of rotatable bonds is 1. The molecule has 1 aromatic rings. The van der Waals surface area contributed by atoms with E-state index in [0.717, 1.165) is 44.4 Å². The van der Waals surface area contributed by atoms with Crippen molar-refractivity contribution >= 4 is 11.8 Å². The van der Waals surface area contributed by atoms with E-state index in [-0.39, 0.29) is 17.9 Å². The van der Waals surface area contributed by atoms with Crippen molar-refractivity contribution in [3.63, 3.8) is 0 Å². The highest BCUT2D eigenvalue weighted by Crippen LogP contribution is 2.26. The number of benzene rings is 1. The molecule has 5 nitrogen and oxygen atoms in total. The number of aryl methyl sites for hydroxylation is 1. The summed E-state index contributed by atoms with van der Waals surface area (Å²) in [5.41, 5.74) is 1.19. The van der Waals surface area contributed by atoms with Crippen molar-refractivity contribution in [1.29, 1.82) is 0 Å². The van der Waals surface area contributed by atoms with E-state index in [1.165, 1.54) is 5.56 Å². The lowest BCUT2D eigenvalue weighted by molar-refractivity contribution is -0.128. The lowest BCUT2D eigenvalue weighted by Gasteiger charge is -2.24. The van der Waals surface area contributed by atoms with Crippen LogP contribution in [0, 0.1) is 0 Å². The van der Waals surface area contributed by atoms with Gasteiger partial charge in [-0.05, 0) is 37.3 Å². The predicted octanol–water partition coefficient (Wildman–Crippen LogP) is 1.41. The number of fused-ring (bicyclic) bond motifs is 1. The Morgan fingerprint density at radius 3 is 2.71 bits per heavy atom. The van der Waals surface area contributed by atoms with Crippen LogP contribution in [0.1, 0.15) is 31.2 Å². The van der Waals surface area contributed by atoms with E-state index < -0.39 is 0 Å². The monoisotopic (exact) mass is 290 g/mol. The number of hydrogen-bond donors (Lipinski definition) is 2. The Morgan fingerprint density at radius 1 is 1.29 bits per heavy atom. The number of hydrogen-bond acceptors (Lipinski definition) is 3. The van der Waals surface area contributed by atoms with Crippen molar-refractivity contribution in [2.45, 2.75) is 38.2 Å². The summed E-state index contributed by atoms with van der Waals surface area (Å²) in [7, 11) is 1.63. The van der Waals surface area contributed by atoms with Crippen LogP contribution in [-0.2, 0) is 16.0 Å². The van der Waals surface area contributed by atoms with Gasteiger partial charge in [0, 0.05) is 20.0 Å². The average molecular weight is 290 g/mol. The molecule has 0 spiro atoms. The second-order valence-electron chi connectivity index (χ2n) is 5.17. The Balaban J connectivity index is 0.000000194. The number of amides is 2. The van der Waals surface area contributed by atoms with Gasteiger partial charge in [0.25, 0.3) is 5.91 Å².